The average Bonchev–Trinajstić information content (AvgIpc) is 2.58. The smallest absolute Gasteiger partial charge is 0.433 e. The Bertz CT molecular complexity index is 782. The van der Waals surface area contributed by atoms with E-state index in [4.69, 9.17) is 9.90 Å². The molecule has 0 bridgehead atoms. The summed E-state index contributed by atoms with van der Waals surface area (Å²) in [6.07, 6.45) is -0.0119. The van der Waals surface area contributed by atoms with Gasteiger partial charge in [0, 0.05) is 24.0 Å². The zero-order valence-electron chi connectivity index (χ0n) is 14.8. The maximum absolute atomic E-state index is 13.3. The van der Waals surface area contributed by atoms with E-state index in [0.717, 1.165) is 25.1 Å². The maximum Gasteiger partial charge on any atom is 0.433 e. The summed E-state index contributed by atoms with van der Waals surface area (Å²) < 4.78 is 53.0. The Kier molecular flexibility index (Phi) is 7.68. The molecule has 0 atom stereocenters. The predicted octanol–water partition coefficient (Wildman–Crippen LogP) is 3.97. The molecule has 3 rings (SSSR count). The van der Waals surface area contributed by atoms with Gasteiger partial charge in [-0.2, -0.15) is 13.2 Å². The second kappa shape index (κ2) is 9.98. The molecule has 0 amide bonds. The fourth-order valence-corrected chi connectivity index (χ4v) is 2.65. The molecule has 1 saturated carbocycles. The number of halogens is 4. The molecule has 1 aromatic carbocycles. The van der Waals surface area contributed by atoms with Crippen molar-refractivity contribution in [2.45, 2.75) is 32.0 Å². The van der Waals surface area contributed by atoms with Crippen LogP contribution in [0.4, 0.5) is 29.2 Å². The molecule has 0 spiro atoms. The minimum atomic E-state index is -4.59. The van der Waals surface area contributed by atoms with Crippen molar-refractivity contribution >= 4 is 18.1 Å². The highest BCUT2D eigenvalue weighted by Crippen LogP contribution is 2.31. The van der Waals surface area contributed by atoms with Crippen LogP contribution >= 0.6 is 0 Å². The Morgan fingerprint density at radius 2 is 2.00 bits per heavy atom. The molecule has 6 nitrogen and oxygen atoms in total. The lowest BCUT2D eigenvalue weighted by Crippen LogP contribution is -2.28. The van der Waals surface area contributed by atoms with Crippen LogP contribution in [0.2, 0.25) is 0 Å². The van der Waals surface area contributed by atoms with Gasteiger partial charge < -0.3 is 15.7 Å². The quantitative estimate of drug-likeness (QED) is 0.503. The van der Waals surface area contributed by atoms with E-state index in [1.807, 2.05) is 0 Å². The van der Waals surface area contributed by atoms with E-state index in [1.165, 1.54) is 24.6 Å². The first-order valence-corrected chi connectivity index (χ1v) is 8.57. The van der Waals surface area contributed by atoms with Crippen LogP contribution in [-0.2, 0) is 17.5 Å². The summed E-state index contributed by atoms with van der Waals surface area (Å²) in [5.41, 5.74) is -0.705. The zero-order chi connectivity index (χ0) is 20.6. The Morgan fingerprint density at radius 3 is 2.57 bits per heavy atom. The molecule has 1 aromatic heterocycles. The molecule has 3 N–H and O–H groups in total. The summed E-state index contributed by atoms with van der Waals surface area (Å²) in [4.78, 5) is 15.9. The molecule has 2 aromatic rings. The second-order valence-electron chi connectivity index (χ2n) is 6.23. The predicted molar refractivity (Wildman–Crippen MR) is 94.5 cm³/mol. The molecule has 0 saturated heterocycles. The SMILES string of the molecule is Fc1cccc(Nc2ncc(CNCC3CCC3)c(C(F)(F)F)n2)c1.O=CO. The monoisotopic (exact) mass is 400 g/mol. The van der Waals surface area contributed by atoms with Gasteiger partial charge in [0.2, 0.25) is 5.95 Å². The van der Waals surface area contributed by atoms with E-state index < -0.39 is 17.7 Å². The number of alkyl halides is 3. The highest BCUT2D eigenvalue weighted by molar-refractivity contribution is 5.53. The lowest BCUT2D eigenvalue weighted by Gasteiger charge is -2.25. The van der Waals surface area contributed by atoms with E-state index >= 15 is 0 Å². The molecule has 0 unspecified atom stereocenters. The highest BCUT2D eigenvalue weighted by atomic mass is 19.4. The average molecular weight is 400 g/mol. The number of anilines is 2. The fraction of sp³-hybridized carbons (Fsp3) is 0.389. The molecule has 28 heavy (non-hydrogen) atoms. The van der Waals surface area contributed by atoms with Crippen LogP contribution in [0.3, 0.4) is 0 Å². The number of benzene rings is 1. The van der Waals surface area contributed by atoms with Gasteiger partial charge in [-0.05, 0) is 43.5 Å². The zero-order valence-corrected chi connectivity index (χ0v) is 14.8. The Balaban J connectivity index is 0.000000878. The van der Waals surface area contributed by atoms with Crippen LogP contribution in [-0.4, -0.2) is 28.1 Å². The fourth-order valence-electron chi connectivity index (χ4n) is 2.65. The minimum absolute atomic E-state index is 0.00313. The van der Waals surface area contributed by atoms with Crippen molar-refractivity contribution in [1.82, 2.24) is 15.3 Å². The van der Waals surface area contributed by atoms with E-state index in [-0.39, 0.29) is 30.2 Å². The van der Waals surface area contributed by atoms with Gasteiger partial charge in [-0.25, -0.2) is 14.4 Å². The van der Waals surface area contributed by atoms with Crippen molar-refractivity contribution in [3.05, 3.63) is 47.5 Å². The number of nitrogens with zero attached hydrogens (tertiary/aromatic N) is 2. The maximum atomic E-state index is 13.3. The van der Waals surface area contributed by atoms with Crippen LogP contribution in [0.25, 0.3) is 0 Å². The van der Waals surface area contributed by atoms with Gasteiger partial charge in [0.05, 0.1) is 0 Å². The third-order valence-electron chi connectivity index (χ3n) is 4.19. The number of aromatic nitrogens is 2. The van der Waals surface area contributed by atoms with Gasteiger partial charge in [-0.15, -0.1) is 0 Å². The molecule has 1 heterocycles. The van der Waals surface area contributed by atoms with Crippen molar-refractivity contribution in [2.75, 3.05) is 11.9 Å². The topological polar surface area (TPSA) is 87.1 Å². The first-order chi connectivity index (χ1) is 13.3. The van der Waals surface area contributed by atoms with E-state index in [2.05, 4.69) is 20.6 Å². The molecule has 10 heteroatoms. The molecule has 152 valence electrons. The lowest BCUT2D eigenvalue weighted by molar-refractivity contribution is -0.141. The number of nitrogens with one attached hydrogen (secondary N) is 2. The van der Waals surface area contributed by atoms with E-state index in [0.29, 0.717) is 12.5 Å². The Morgan fingerprint density at radius 1 is 1.29 bits per heavy atom. The van der Waals surface area contributed by atoms with E-state index in [1.54, 1.807) is 0 Å². The van der Waals surface area contributed by atoms with Crippen molar-refractivity contribution in [1.29, 1.82) is 0 Å². The van der Waals surface area contributed by atoms with Crippen LogP contribution < -0.4 is 10.6 Å². The van der Waals surface area contributed by atoms with Crippen molar-refractivity contribution in [2.24, 2.45) is 5.92 Å². The van der Waals surface area contributed by atoms with Crippen molar-refractivity contribution in [3.8, 4) is 0 Å². The third kappa shape index (κ3) is 6.45. The summed E-state index contributed by atoms with van der Waals surface area (Å²) in [6.45, 7) is 0.506. The van der Waals surface area contributed by atoms with Gasteiger partial charge in [-0.1, -0.05) is 12.5 Å². The first-order valence-electron chi connectivity index (χ1n) is 8.57. The number of carboxylic acid groups (broad SMARTS) is 1. The summed E-state index contributed by atoms with van der Waals surface area (Å²) in [7, 11) is 0. The molecule has 1 aliphatic carbocycles. The Labute approximate surface area is 159 Å². The summed E-state index contributed by atoms with van der Waals surface area (Å²) >= 11 is 0. The van der Waals surface area contributed by atoms with Gasteiger partial charge in [0.1, 0.15) is 5.82 Å². The van der Waals surface area contributed by atoms with Crippen LogP contribution in [0.5, 0.6) is 0 Å². The first kappa shape index (κ1) is 21.5. The summed E-state index contributed by atoms with van der Waals surface area (Å²) in [6, 6.07) is 5.36. The normalized spacial score (nSPS) is 13.9. The van der Waals surface area contributed by atoms with E-state index in [9.17, 15) is 17.6 Å². The van der Waals surface area contributed by atoms with Crippen molar-refractivity contribution < 1.29 is 27.5 Å². The molecule has 1 fully saturated rings. The van der Waals surface area contributed by atoms with Gasteiger partial charge in [0.25, 0.3) is 6.47 Å². The molecule has 1 aliphatic rings. The molecule has 0 radical (unpaired) electrons. The molecular formula is C18H20F4N4O2. The Hall–Kier alpha value is -2.75. The van der Waals surface area contributed by atoms with Crippen molar-refractivity contribution in [3.63, 3.8) is 0 Å². The van der Waals surface area contributed by atoms with Crippen LogP contribution in [0.15, 0.2) is 30.5 Å². The third-order valence-corrected chi connectivity index (χ3v) is 4.19. The number of hydrogen-bond donors (Lipinski definition) is 3. The number of hydrogen-bond acceptors (Lipinski definition) is 5. The molecular weight excluding hydrogens is 380 g/mol. The van der Waals surface area contributed by atoms with Crippen LogP contribution in [0.1, 0.15) is 30.5 Å². The highest BCUT2D eigenvalue weighted by Gasteiger charge is 2.36. The van der Waals surface area contributed by atoms with Gasteiger partial charge in [-0.3, -0.25) is 4.79 Å². The second-order valence-corrected chi connectivity index (χ2v) is 6.23. The minimum Gasteiger partial charge on any atom is -0.483 e. The number of rotatable bonds is 6. The molecule has 0 aliphatic heterocycles. The number of carbonyl (C=O) groups is 1. The summed E-state index contributed by atoms with van der Waals surface area (Å²) in [5, 5.41) is 12.5. The lowest BCUT2D eigenvalue weighted by atomic mass is 9.85. The standard InChI is InChI=1S/C17H18F4N4.CH2O2/c18-13-5-2-6-14(7-13)24-16-23-10-12(15(25-16)17(19,20)21)9-22-8-11-3-1-4-11;2-1-3/h2,5-7,10-11,22H,1,3-4,8-9H2,(H,23,24,25);1H,(H,2,3). The largest absolute Gasteiger partial charge is 0.483 e. The van der Waals surface area contributed by atoms with Gasteiger partial charge in [0.15, 0.2) is 5.69 Å². The van der Waals surface area contributed by atoms with Gasteiger partial charge >= 0.3 is 6.18 Å². The van der Waals surface area contributed by atoms with Crippen LogP contribution in [0, 0.1) is 11.7 Å². The summed E-state index contributed by atoms with van der Waals surface area (Å²) in [5.74, 6) is -0.178.